The number of furan rings is 1. The second-order valence-electron chi connectivity index (χ2n) is 10.4. The molecule has 8 heteroatoms. The molecule has 7 nitrogen and oxygen atoms in total. The first-order chi connectivity index (χ1) is 20.5. The van der Waals surface area contributed by atoms with Crippen molar-refractivity contribution in [2.24, 2.45) is 0 Å². The lowest BCUT2D eigenvalue weighted by atomic mass is 9.88. The fraction of sp³-hybridized carbons (Fsp3) is 0.0588. The van der Waals surface area contributed by atoms with Crippen LogP contribution in [0.2, 0.25) is 0 Å². The van der Waals surface area contributed by atoms with Crippen LogP contribution < -0.4 is 0 Å². The van der Waals surface area contributed by atoms with Gasteiger partial charge >= 0.3 is 0 Å². The minimum Gasteiger partial charge on any atom is -0.507 e. The zero-order valence-corrected chi connectivity index (χ0v) is 23.0. The summed E-state index contributed by atoms with van der Waals surface area (Å²) >= 11 is 0. The average Bonchev–Trinajstić information content (AvgIpc) is 3.64. The van der Waals surface area contributed by atoms with Crippen molar-refractivity contribution in [2.75, 3.05) is 0 Å². The molecule has 8 rings (SSSR count). The van der Waals surface area contributed by atoms with Crippen LogP contribution in [0.1, 0.15) is 11.1 Å². The summed E-state index contributed by atoms with van der Waals surface area (Å²) in [5.74, 6) is 0.434. The average molecular weight is 570 g/mol. The van der Waals surface area contributed by atoms with Gasteiger partial charge < -0.3 is 9.52 Å². The number of nitrogens with zero attached hydrogens (tertiary/aromatic N) is 3. The van der Waals surface area contributed by atoms with E-state index in [0.717, 1.165) is 34.7 Å². The minimum atomic E-state index is -4.03. The SMILES string of the molecule is O=S(=O)(c1ccccc1)n1cc(-c2ccc3c(n2)-c2c(O)cccc2CC3)nc1-c1cccc2oc3ccccc3c12. The van der Waals surface area contributed by atoms with Crippen LogP contribution in [-0.4, -0.2) is 27.5 Å². The van der Waals surface area contributed by atoms with Crippen molar-refractivity contribution in [3.05, 3.63) is 120 Å². The molecule has 0 amide bonds. The Morgan fingerprint density at radius 3 is 2.36 bits per heavy atom. The highest BCUT2D eigenvalue weighted by Crippen LogP contribution is 2.41. The van der Waals surface area contributed by atoms with Gasteiger partial charge in [-0.1, -0.05) is 66.7 Å². The van der Waals surface area contributed by atoms with Crippen molar-refractivity contribution in [3.63, 3.8) is 0 Å². The molecule has 1 N–H and O–H groups in total. The van der Waals surface area contributed by atoms with Gasteiger partial charge in [0.15, 0.2) is 5.82 Å². The topological polar surface area (TPSA) is 98.2 Å². The molecule has 0 aliphatic heterocycles. The van der Waals surface area contributed by atoms with Crippen LogP contribution in [0.25, 0.3) is 56.0 Å². The Kier molecular flexibility index (Phi) is 5.36. The molecule has 0 unspecified atom stereocenters. The first-order valence-corrected chi connectivity index (χ1v) is 15.1. The lowest BCUT2D eigenvalue weighted by Crippen LogP contribution is -2.13. The first-order valence-electron chi connectivity index (χ1n) is 13.6. The van der Waals surface area contributed by atoms with Crippen molar-refractivity contribution in [2.45, 2.75) is 17.7 Å². The molecular weight excluding hydrogens is 546 g/mol. The molecule has 3 heterocycles. The number of benzene rings is 4. The molecule has 0 atom stereocenters. The first kappa shape index (κ1) is 24.6. The van der Waals surface area contributed by atoms with Gasteiger partial charge in [0.05, 0.1) is 22.5 Å². The van der Waals surface area contributed by atoms with Crippen LogP contribution in [0.4, 0.5) is 0 Å². The highest BCUT2D eigenvalue weighted by molar-refractivity contribution is 7.90. The molecule has 0 bridgehead atoms. The Morgan fingerprint density at radius 1 is 0.714 bits per heavy atom. The van der Waals surface area contributed by atoms with Crippen LogP contribution in [0.15, 0.2) is 119 Å². The number of phenols is 1. The summed E-state index contributed by atoms with van der Waals surface area (Å²) in [4.78, 5) is 10.0. The molecule has 1 aliphatic rings. The highest BCUT2D eigenvalue weighted by Gasteiger charge is 2.27. The van der Waals surface area contributed by atoms with E-state index in [0.29, 0.717) is 39.4 Å². The second kappa shape index (κ2) is 9.15. The van der Waals surface area contributed by atoms with Gasteiger partial charge in [-0.05, 0) is 60.4 Å². The Balaban J connectivity index is 1.39. The number of aromatic hydroxyl groups is 1. The molecule has 0 radical (unpaired) electrons. The van der Waals surface area contributed by atoms with Crippen molar-refractivity contribution >= 4 is 32.0 Å². The number of pyridine rings is 1. The van der Waals surface area contributed by atoms with E-state index in [4.69, 9.17) is 14.4 Å². The monoisotopic (exact) mass is 569 g/mol. The molecule has 7 aromatic rings. The van der Waals surface area contributed by atoms with E-state index in [9.17, 15) is 13.5 Å². The number of para-hydroxylation sites is 1. The Hall–Kier alpha value is -5.21. The second-order valence-corrected chi connectivity index (χ2v) is 12.2. The van der Waals surface area contributed by atoms with E-state index in [-0.39, 0.29) is 16.5 Å². The summed E-state index contributed by atoms with van der Waals surface area (Å²) in [5, 5.41) is 12.4. The number of fused-ring (bicyclic) bond motifs is 6. The normalized spacial score (nSPS) is 12.9. The van der Waals surface area contributed by atoms with E-state index in [2.05, 4.69) is 0 Å². The molecule has 204 valence electrons. The molecule has 1 aliphatic carbocycles. The van der Waals surface area contributed by atoms with Crippen LogP contribution in [0, 0.1) is 0 Å². The molecule has 0 saturated carbocycles. The summed E-state index contributed by atoms with van der Waals surface area (Å²) in [6, 6.07) is 30.9. The number of aryl methyl sites for hydroxylation is 2. The zero-order valence-electron chi connectivity index (χ0n) is 22.2. The van der Waals surface area contributed by atoms with Crippen LogP contribution in [0.5, 0.6) is 5.75 Å². The van der Waals surface area contributed by atoms with E-state index in [1.54, 1.807) is 36.4 Å². The number of imidazole rings is 1. The standard InChI is InChI=1S/C34H23N3O4S/c38-28-13-6-8-21-16-17-22-18-19-26(35-33(22)31(21)28)27-20-37(42(39,40)23-9-2-1-3-10-23)34(36-27)25-12-7-15-30-32(25)24-11-4-5-14-29(24)41-30/h1-15,18-20,38H,16-17H2. The number of rotatable bonds is 4. The van der Waals surface area contributed by atoms with Gasteiger partial charge in [-0.15, -0.1) is 0 Å². The Bertz CT molecular complexity index is 2290. The lowest BCUT2D eigenvalue weighted by Gasteiger charge is -2.20. The molecule has 0 saturated heterocycles. The number of phenolic OH excluding ortho intramolecular Hbond substituents is 1. The third-order valence-corrected chi connectivity index (χ3v) is 9.55. The lowest BCUT2D eigenvalue weighted by molar-refractivity contribution is 0.476. The van der Waals surface area contributed by atoms with Gasteiger partial charge in [0.2, 0.25) is 0 Å². The number of hydrogen-bond donors (Lipinski definition) is 1. The predicted octanol–water partition coefficient (Wildman–Crippen LogP) is 7.22. The quantitative estimate of drug-likeness (QED) is 0.240. The molecular formula is C34H23N3O4S. The van der Waals surface area contributed by atoms with Gasteiger partial charge in [-0.25, -0.2) is 22.4 Å². The van der Waals surface area contributed by atoms with Gasteiger partial charge in [0.1, 0.15) is 22.6 Å². The molecule has 4 aromatic carbocycles. The van der Waals surface area contributed by atoms with Crippen LogP contribution in [-0.2, 0) is 22.9 Å². The smallest absolute Gasteiger partial charge is 0.269 e. The van der Waals surface area contributed by atoms with E-state index in [1.807, 2.05) is 66.7 Å². The number of aromatic nitrogens is 3. The van der Waals surface area contributed by atoms with Crippen molar-refractivity contribution in [3.8, 4) is 39.8 Å². The highest BCUT2D eigenvalue weighted by atomic mass is 32.2. The molecule has 3 aromatic heterocycles. The fourth-order valence-corrected chi connectivity index (χ4v) is 7.24. The van der Waals surface area contributed by atoms with Gasteiger partial charge in [0.25, 0.3) is 10.0 Å². The van der Waals surface area contributed by atoms with E-state index < -0.39 is 10.0 Å². The largest absolute Gasteiger partial charge is 0.507 e. The van der Waals surface area contributed by atoms with Gasteiger partial charge in [-0.3, -0.25) is 0 Å². The summed E-state index contributed by atoms with van der Waals surface area (Å²) < 4.78 is 35.5. The Labute approximate surface area is 241 Å². The Morgan fingerprint density at radius 2 is 1.48 bits per heavy atom. The number of hydrogen-bond acceptors (Lipinski definition) is 6. The van der Waals surface area contributed by atoms with Crippen molar-refractivity contribution in [1.82, 2.24) is 13.9 Å². The van der Waals surface area contributed by atoms with Crippen molar-refractivity contribution < 1.29 is 17.9 Å². The summed E-state index contributed by atoms with van der Waals surface area (Å²) in [6.07, 6.45) is 3.15. The van der Waals surface area contributed by atoms with E-state index in [1.165, 1.54) is 10.2 Å². The summed E-state index contributed by atoms with van der Waals surface area (Å²) in [7, 11) is -4.03. The minimum absolute atomic E-state index is 0.150. The molecule has 42 heavy (non-hydrogen) atoms. The van der Waals surface area contributed by atoms with Gasteiger partial charge in [0, 0.05) is 21.9 Å². The maximum atomic E-state index is 14.1. The van der Waals surface area contributed by atoms with Crippen LogP contribution >= 0.6 is 0 Å². The maximum Gasteiger partial charge on any atom is 0.269 e. The maximum absolute atomic E-state index is 14.1. The zero-order chi connectivity index (χ0) is 28.4. The predicted molar refractivity (Wildman–Crippen MR) is 162 cm³/mol. The fourth-order valence-electron chi connectivity index (χ4n) is 5.90. The van der Waals surface area contributed by atoms with Gasteiger partial charge in [-0.2, -0.15) is 0 Å². The molecule has 0 fully saturated rings. The summed E-state index contributed by atoms with van der Waals surface area (Å²) in [5.41, 5.74) is 6.35. The molecule has 0 spiro atoms. The van der Waals surface area contributed by atoms with E-state index >= 15 is 0 Å². The third kappa shape index (κ3) is 3.69. The van der Waals surface area contributed by atoms with Crippen LogP contribution in [0.3, 0.4) is 0 Å². The van der Waals surface area contributed by atoms with Crippen molar-refractivity contribution in [1.29, 1.82) is 0 Å². The summed E-state index contributed by atoms with van der Waals surface area (Å²) in [6.45, 7) is 0. The third-order valence-electron chi connectivity index (χ3n) is 7.89.